The number of nitrogens with zero attached hydrogens (tertiary/aromatic N) is 2. The fourth-order valence-corrected chi connectivity index (χ4v) is 5.59. The number of fused-ring (bicyclic) bond motifs is 1. The van der Waals surface area contributed by atoms with E-state index in [0.717, 1.165) is 24.3 Å². The minimum atomic E-state index is -3.62. The summed E-state index contributed by atoms with van der Waals surface area (Å²) < 4.78 is 29.1. The van der Waals surface area contributed by atoms with Crippen LogP contribution in [0, 0.1) is 0 Å². The lowest BCUT2D eigenvalue weighted by molar-refractivity contribution is 0.540. The number of thiazole rings is 1. The Hall–Kier alpha value is -0.770. The highest BCUT2D eigenvalue weighted by Crippen LogP contribution is 2.25. The average Bonchev–Trinajstić information content (AvgIpc) is 2.88. The van der Waals surface area contributed by atoms with Crippen LogP contribution in [0.15, 0.2) is 16.6 Å². The summed E-state index contributed by atoms with van der Waals surface area (Å²) in [7, 11) is -3.62. The molecule has 9 heteroatoms. The number of sulfonamides is 1. The van der Waals surface area contributed by atoms with Crippen molar-refractivity contribution < 1.29 is 8.42 Å². The lowest BCUT2D eigenvalue weighted by Crippen LogP contribution is -2.38. The third-order valence-electron chi connectivity index (χ3n) is 2.98. The second kappa shape index (κ2) is 4.97. The normalized spacial score (nSPS) is 20.9. The molecule has 6 nitrogen and oxygen atoms in total. The minimum Gasteiger partial charge on any atom is -0.381 e. The van der Waals surface area contributed by atoms with E-state index in [1.165, 1.54) is 15.7 Å². The van der Waals surface area contributed by atoms with E-state index in [1.807, 2.05) is 0 Å². The van der Waals surface area contributed by atoms with Crippen LogP contribution in [0.25, 0.3) is 4.96 Å². The van der Waals surface area contributed by atoms with Gasteiger partial charge in [-0.05, 0) is 18.6 Å². The average molecular weight is 318 g/mol. The van der Waals surface area contributed by atoms with Gasteiger partial charge in [-0.15, -0.1) is 11.3 Å². The van der Waals surface area contributed by atoms with E-state index < -0.39 is 10.0 Å². The highest BCUT2D eigenvalue weighted by atomic mass is 32.2. The predicted molar refractivity (Wildman–Crippen MR) is 78.1 cm³/mol. The third-order valence-corrected chi connectivity index (χ3v) is 6.51. The Kier molecular flexibility index (Phi) is 3.46. The van der Waals surface area contributed by atoms with Gasteiger partial charge in [0.05, 0.1) is 0 Å². The number of hydrogen-bond donors (Lipinski definition) is 2. The number of anilines is 1. The molecule has 19 heavy (non-hydrogen) atoms. The predicted octanol–water partition coefficient (Wildman–Crippen LogP) is 1.15. The summed E-state index contributed by atoms with van der Waals surface area (Å²) in [6.45, 7) is 0. The van der Waals surface area contributed by atoms with Gasteiger partial charge in [0.25, 0.3) is 10.0 Å². The van der Waals surface area contributed by atoms with Gasteiger partial charge in [0.15, 0.2) is 15.8 Å². The second-order valence-electron chi connectivity index (χ2n) is 4.39. The van der Waals surface area contributed by atoms with Crippen molar-refractivity contribution in [3.05, 3.63) is 11.6 Å². The molecule has 1 unspecified atom stereocenters. The highest BCUT2D eigenvalue weighted by molar-refractivity contribution is 7.99. The maximum absolute atomic E-state index is 12.4. The van der Waals surface area contributed by atoms with Crippen LogP contribution in [-0.2, 0) is 10.0 Å². The Morgan fingerprint density at radius 2 is 2.37 bits per heavy atom. The Bertz CT molecular complexity index is 685. The van der Waals surface area contributed by atoms with Gasteiger partial charge < -0.3 is 5.73 Å². The first-order valence-corrected chi connectivity index (χ1v) is 9.41. The van der Waals surface area contributed by atoms with Crippen molar-refractivity contribution in [2.45, 2.75) is 23.9 Å². The number of thioether (sulfide) groups is 1. The molecule has 3 N–H and O–H groups in total. The minimum absolute atomic E-state index is 0.0210. The van der Waals surface area contributed by atoms with E-state index in [1.54, 1.807) is 23.3 Å². The van der Waals surface area contributed by atoms with Gasteiger partial charge in [0.2, 0.25) is 0 Å². The lowest BCUT2D eigenvalue weighted by Gasteiger charge is -2.22. The molecule has 1 aliphatic heterocycles. The summed E-state index contributed by atoms with van der Waals surface area (Å²) in [5, 5.41) is 1.84. The van der Waals surface area contributed by atoms with Crippen molar-refractivity contribution in [2.24, 2.45) is 0 Å². The number of aromatic nitrogens is 2. The molecule has 0 aliphatic carbocycles. The molecule has 0 spiro atoms. The van der Waals surface area contributed by atoms with Crippen LogP contribution >= 0.6 is 23.1 Å². The molecule has 3 rings (SSSR count). The zero-order valence-electron chi connectivity index (χ0n) is 10.1. The van der Waals surface area contributed by atoms with E-state index in [4.69, 9.17) is 5.73 Å². The molecule has 2 aromatic heterocycles. The van der Waals surface area contributed by atoms with Crippen molar-refractivity contribution >= 4 is 43.9 Å². The Morgan fingerprint density at radius 3 is 3.11 bits per heavy atom. The van der Waals surface area contributed by atoms with Crippen LogP contribution in [0.2, 0.25) is 0 Å². The number of nitrogens with two attached hydrogens (primary N) is 1. The van der Waals surface area contributed by atoms with Gasteiger partial charge in [-0.1, -0.05) is 0 Å². The van der Waals surface area contributed by atoms with Crippen molar-refractivity contribution in [1.82, 2.24) is 14.1 Å². The van der Waals surface area contributed by atoms with Crippen LogP contribution < -0.4 is 10.5 Å². The molecule has 2 aromatic rings. The summed E-state index contributed by atoms with van der Waals surface area (Å²) in [6.07, 6.45) is 3.58. The molecular formula is C10H14N4O2S3. The second-order valence-corrected chi connectivity index (χ2v) is 8.05. The number of imidazole rings is 1. The third kappa shape index (κ3) is 2.47. The number of nitrogen functional groups attached to an aromatic ring is 1. The zero-order valence-corrected chi connectivity index (χ0v) is 12.5. The fourth-order valence-electron chi connectivity index (χ4n) is 2.16. The summed E-state index contributed by atoms with van der Waals surface area (Å²) >= 11 is 3.13. The first-order chi connectivity index (χ1) is 9.08. The number of hydrogen-bond acceptors (Lipinski definition) is 6. The molecule has 0 amide bonds. The maximum Gasteiger partial charge on any atom is 0.260 e. The molecule has 0 radical (unpaired) electrons. The van der Waals surface area contributed by atoms with Gasteiger partial charge >= 0.3 is 0 Å². The Morgan fingerprint density at radius 1 is 1.53 bits per heavy atom. The topological polar surface area (TPSA) is 89.5 Å². The highest BCUT2D eigenvalue weighted by Gasteiger charge is 2.28. The van der Waals surface area contributed by atoms with Crippen molar-refractivity contribution in [3.8, 4) is 0 Å². The first-order valence-electron chi connectivity index (χ1n) is 5.89. The summed E-state index contributed by atoms with van der Waals surface area (Å²) in [5.41, 5.74) is 5.74. The van der Waals surface area contributed by atoms with Gasteiger partial charge in [-0.25, -0.2) is 18.1 Å². The van der Waals surface area contributed by atoms with E-state index in [2.05, 4.69) is 9.71 Å². The summed E-state index contributed by atoms with van der Waals surface area (Å²) in [4.78, 5) is 4.66. The van der Waals surface area contributed by atoms with Crippen LogP contribution in [-0.4, -0.2) is 35.4 Å². The van der Waals surface area contributed by atoms with Gasteiger partial charge in [-0.3, -0.25) is 4.40 Å². The van der Waals surface area contributed by atoms with Gasteiger partial charge in [0, 0.05) is 23.4 Å². The Labute approximate surface area is 119 Å². The quantitative estimate of drug-likeness (QED) is 0.886. The van der Waals surface area contributed by atoms with E-state index >= 15 is 0 Å². The van der Waals surface area contributed by atoms with Crippen LogP contribution in [0.3, 0.4) is 0 Å². The van der Waals surface area contributed by atoms with E-state index in [9.17, 15) is 8.42 Å². The Balaban J connectivity index is 1.94. The van der Waals surface area contributed by atoms with Crippen LogP contribution in [0.1, 0.15) is 12.8 Å². The molecule has 3 heterocycles. The monoisotopic (exact) mass is 318 g/mol. The number of nitrogens with one attached hydrogen (secondary N) is 1. The largest absolute Gasteiger partial charge is 0.381 e. The standard InChI is InChI=1S/C10H14N4O2S3/c11-8-9(14-3-5-18-10(14)12-8)19(15,16)13-7-2-1-4-17-6-7/h3,5,7,13H,1-2,4,6,11H2. The van der Waals surface area contributed by atoms with Gasteiger partial charge in [-0.2, -0.15) is 11.8 Å². The van der Waals surface area contributed by atoms with Crippen molar-refractivity contribution in [3.63, 3.8) is 0 Å². The van der Waals surface area contributed by atoms with Crippen LogP contribution in [0.4, 0.5) is 5.82 Å². The molecule has 1 fully saturated rings. The lowest BCUT2D eigenvalue weighted by atomic mass is 10.2. The molecule has 104 valence electrons. The molecule has 1 atom stereocenters. The molecule has 1 saturated heterocycles. The summed E-state index contributed by atoms with van der Waals surface area (Å²) in [5.74, 6) is 1.97. The van der Waals surface area contributed by atoms with Crippen LogP contribution in [0.5, 0.6) is 0 Å². The van der Waals surface area contributed by atoms with Crippen molar-refractivity contribution in [2.75, 3.05) is 17.2 Å². The summed E-state index contributed by atoms with van der Waals surface area (Å²) in [6, 6.07) is -0.0210. The fraction of sp³-hybridized carbons (Fsp3) is 0.500. The smallest absolute Gasteiger partial charge is 0.260 e. The molecule has 0 bridgehead atoms. The maximum atomic E-state index is 12.4. The first kappa shape index (κ1) is 13.2. The van der Waals surface area contributed by atoms with Gasteiger partial charge in [0.1, 0.15) is 0 Å². The van der Waals surface area contributed by atoms with E-state index in [-0.39, 0.29) is 16.9 Å². The molecule has 1 aliphatic rings. The molecule has 0 saturated carbocycles. The molecule has 0 aromatic carbocycles. The zero-order chi connectivity index (χ0) is 13.5. The van der Waals surface area contributed by atoms with Crippen molar-refractivity contribution in [1.29, 1.82) is 0 Å². The molecular weight excluding hydrogens is 304 g/mol. The van der Waals surface area contributed by atoms with E-state index in [0.29, 0.717) is 4.96 Å². The SMILES string of the molecule is Nc1nc2sccn2c1S(=O)(=O)NC1CCCSC1. The number of rotatable bonds is 3.